The fraction of sp³-hybridized carbons (Fsp3) is 0.769. The second-order valence-electron chi connectivity index (χ2n) is 5.36. The van der Waals surface area contributed by atoms with Gasteiger partial charge in [0.05, 0.1) is 6.20 Å². The summed E-state index contributed by atoms with van der Waals surface area (Å²) in [6, 6.07) is 0. The molecule has 1 aromatic rings. The molecule has 0 amide bonds. The number of sulfonamides is 1. The Hall–Kier alpha value is -0.920. The van der Waals surface area contributed by atoms with E-state index in [1.165, 1.54) is 6.20 Å². The van der Waals surface area contributed by atoms with E-state index in [1.54, 1.807) is 15.2 Å². The molecule has 1 aliphatic heterocycles. The fourth-order valence-electron chi connectivity index (χ4n) is 2.58. The summed E-state index contributed by atoms with van der Waals surface area (Å²) in [6.45, 7) is 4.60. The maximum atomic E-state index is 12.6. The van der Waals surface area contributed by atoms with E-state index in [0.717, 1.165) is 25.7 Å². The van der Waals surface area contributed by atoms with Crippen LogP contribution in [0.1, 0.15) is 32.6 Å². The third kappa shape index (κ3) is 3.39. The lowest BCUT2D eigenvalue weighted by Crippen LogP contribution is -2.39. The molecule has 1 saturated heterocycles. The summed E-state index contributed by atoms with van der Waals surface area (Å²) in [7, 11) is -3.39. The Labute approximate surface area is 121 Å². The summed E-state index contributed by atoms with van der Waals surface area (Å²) >= 11 is 0. The van der Waals surface area contributed by atoms with Gasteiger partial charge in [-0.15, -0.1) is 0 Å². The first-order chi connectivity index (χ1) is 9.57. The molecule has 2 N–H and O–H groups in total. The van der Waals surface area contributed by atoms with Crippen LogP contribution >= 0.6 is 0 Å². The molecular weight excluding hydrogens is 276 g/mol. The van der Waals surface area contributed by atoms with Crippen molar-refractivity contribution in [3.8, 4) is 0 Å². The van der Waals surface area contributed by atoms with Gasteiger partial charge in [0.15, 0.2) is 0 Å². The molecule has 0 radical (unpaired) electrons. The predicted molar refractivity (Wildman–Crippen MR) is 77.7 cm³/mol. The highest BCUT2D eigenvalue weighted by atomic mass is 32.2. The Morgan fingerprint density at radius 2 is 2.30 bits per heavy atom. The quantitative estimate of drug-likeness (QED) is 0.851. The SMILES string of the molecule is CCC1CCCN(S(=O)(=O)c2cnn(CCCN)c2)C1. The topological polar surface area (TPSA) is 81.2 Å². The van der Waals surface area contributed by atoms with E-state index in [2.05, 4.69) is 12.0 Å². The van der Waals surface area contributed by atoms with Gasteiger partial charge in [0, 0.05) is 25.8 Å². The summed E-state index contributed by atoms with van der Waals surface area (Å²) in [5.74, 6) is 0.478. The van der Waals surface area contributed by atoms with Crippen LogP contribution in [0.4, 0.5) is 0 Å². The van der Waals surface area contributed by atoms with Gasteiger partial charge in [0.2, 0.25) is 10.0 Å². The lowest BCUT2D eigenvalue weighted by molar-refractivity contribution is 0.261. The van der Waals surface area contributed by atoms with Gasteiger partial charge in [-0.25, -0.2) is 8.42 Å². The average molecular weight is 300 g/mol. The number of aromatic nitrogens is 2. The molecular formula is C13H24N4O2S. The third-order valence-corrected chi connectivity index (χ3v) is 5.72. The van der Waals surface area contributed by atoms with Crippen LogP contribution in [0.5, 0.6) is 0 Å². The predicted octanol–water partition coefficient (Wildman–Crippen LogP) is 1.04. The summed E-state index contributed by atoms with van der Waals surface area (Å²) in [6.07, 6.45) is 6.95. The molecule has 0 spiro atoms. The zero-order valence-electron chi connectivity index (χ0n) is 12.0. The van der Waals surface area contributed by atoms with Crippen molar-refractivity contribution in [3.05, 3.63) is 12.4 Å². The van der Waals surface area contributed by atoms with Crippen LogP contribution in [0.25, 0.3) is 0 Å². The molecule has 1 aromatic heterocycles. The normalized spacial score (nSPS) is 21.2. The van der Waals surface area contributed by atoms with Crippen molar-refractivity contribution in [2.45, 2.75) is 44.0 Å². The smallest absolute Gasteiger partial charge is 0.246 e. The van der Waals surface area contributed by atoms with E-state index in [4.69, 9.17) is 5.73 Å². The molecule has 2 heterocycles. The minimum atomic E-state index is -3.39. The maximum Gasteiger partial charge on any atom is 0.246 e. The first kappa shape index (κ1) is 15.5. The molecule has 1 atom stereocenters. The molecule has 1 unspecified atom stereocenters. The molecule has 1 aliphatic rings. The molecule has 20 heavy (non-hydrogen) atoms. The highest BCUT2D eigenvalue weighted by molar-refractivity contribution is 7.89. The standard InChI is InChI=1S/C13H24N4O2S/c1-2-12-5-3-8-17(10-12)20(18,19)13-9-15-16(11-13)7-4-6-14/h9,11-12H,2-8,10,14H2,1H3. The molecule has 6 nitrogen and oxygen atoms in total. The van der Waals surface area contributed by atoms with Crippen molar-refractivity contribution in [3.63, 3.8) is 0 Å². The second kappa shape index (κ2) is 6.69. The van der Waals surface area contributed by atoms with Crippen LogP contribution in [-0.2, 0) is 16.6 Å². The Kier molecular flexibility index (Phi) is 5.17. The first-order valence-corrected chi connectivity index (χ1v) is 8.74. The molecule has 0 aliphatic carbocycles. The van der Waals surface area contributed by atoms with E-state index in [0.29, 0.717) is 37.0 Å². The number of piperidine rings is 1. The van der Waals surface area contributed by atoms with Crippen molar-refractivity contribution < 1.29 is 8.42 Å². The van der Waals surface area contributed by atoms with Gasteiger partial charge in [-0.1, -0.05) is 13.3 Å². The zero-order chi connectivity index (χ0) is 14.6. The van der Waals surface area contributed by atoms with Gasteiger partial charge in [-0.3, -0.25) is 4.68 Å². The molecule has 114 valence electrons. The van der Waals surface area contributed by atoms with Crippen molar-refractivity contribution in [1.82, 2.24) is 14.1 Å². The van der Waals surface area contributed by atoms with Crippen LogP contribution in [0.15, 0.2) is 17.3 Å². The third-order valence-electron chi connectivity index (χ3n) is 3.90. The minimum absolute atomic E-state index is 0.297. The summed E-state index contributed by atoms with van der Waals surface area (Å²) in [5, 5.41) is 4.11. The molecule has 7 heteroatoms. The van der Waals surface area contributed by atoms with Crippen LogP contribution in [0.3, 0.4) is 0 Å². The van der Waals surface area contributed by atoms with Gasteiger partial charge >= 0.3 is 0 Å². The number of nitrogens with two attached hydrogens (primary N) is 1. The number of hydrogen-bond donors (Lipinski definition) is 1. The van der Waals surface area contributed by atoms with Crippen molar-refractivity contribution in [2.75, 3.05) is 19.6 Å². The van der Waals surface area contributed by atoms with Crippen molar-refractivity contribution >= 4 is 10.0 Å². The number of rotatable bonds is 6. The van der Waals surface area contributed by atoms with E-state index < -0.39 is 10.0 Å². The lowest BCUT2D eigenvalue weighted by atomic mass is 9.97. The zero-order valence-corrected chi connectivity index (χ0v) is 12.8. The number of nitrogens with zero attached hydrogens (tertiary/aromatic N) is 3. The summed E-state index contributed by atoms with van der Waals surface area (Å²) in [4.78, 5) is 0.297. The largest absolute Gasteiger partial charge is 0.330 e. The highest BCUT2D eigenvalue weighted by Crippen LogP contribution is 2.24. The first-order valence-electron chi connectivity index (χ1n) is 7.30. The fourth-order valence-corrected chi connectivity index (χ4v) is 4.09. The van der Waals surface area contributed by atoms with Crippen LogP contribution < -0.4 is 5.73 Å². The molecule has 0 aromatic carbocycles. The molecule has 0 bridgehead atoms. The Bertz CT molecular complexity index is 526. The maximum absolute atomic E-state index is 12.6. The van der Waals surface area contributed by atoms with Crippen LogP contribution in [0.2, 0.25) is 0 Å². The Morgan fingerprint density at radius 1 is 1.50 bits per heavy atom. The van der Waals surface area contributed by atoms with Gasteiger partial charge in [-0.05, 0) is 31.7 Å². The number of hydrogen-bond acceptors (Lipinski definition) is 4. The van der Waals surface area contributed by atoms with Gasteiger partial charge in [0.25, 0.3) is 0 Å². The number of aryl methyl sites for hydroxylation is 1. The molecule has 0 saturated carbocycles. The lowest BCUT2D eigenvalue weighted by Gasteiger charge is -2.30. The van der Waals surface area contributed by atoms with Gasteiger partial charge in [-0.2, -0.15) is 9.40 Å². The average Bonchev–Trinajstić information content (AvgIpc) is 2.94. The van der Waals surface area contributed by atoms with Crippen LogP contribution in [-0.4, -0.2) is 42.1 Å². The minimum Gasteiger partial charge on any atom is -0.330 e. The van der Waals surface area contributed by atoms with Gasteiger partial charge < -0.3 is 5.73 Å². The summed E-state index contributed by atoms with van der Waals surface area (Å²) in [5.41, 5.74) is 5.45. The van der Waals surface area contributed by atoms with Crippen molar-refractivity contribution in [2.24, 2.45) is 11.7 Å². The highest BCUT2D eigenvalue weighted by Gasteiger charge is 2.30. The molecule has 2 rings (SSSR count). The molecule has 1 fully saturated rings. The van der Waals surface area contributed by atoms with E-state index in [-0.39, 0.29) is 0 Å². The van der Waals surface area contributed by atoms with E-state index in [9.17, 15) is 8.42 Å². The Balaban J connectivity index is 2.11. The van der Waals surface area contributed by atoms with E-state index in [1.807, 2.05) is 0 Å². The second-order valence-corrected chi connectivity index (χ2v) is 7.30. The van der Waals surface area contributed by atoms with E-state index >= 15 is 0 Å². The van der Waals surface area contributed by atoms with Gasteiger partial charge in [0.1, 0.15) is 4.90 Å². The van der Waals surface area contributed by atoms with Crippen molar-refractivity contribution in [1.29, 1.82) is 0 Å². The monoisotopic (exact) mass is 300 g/mol. The van der Waals surface area contributed by atoms with Crippen LogP contribution in [0, 0.1) is 5.92 Å². The Morgan fingerprint density at radius 3 is 3.00 bits per heavy atom. The summed E-state index contributed by atoms with van der Waals surface area (Å²) < 4.78 is 28.4.